The van der Waals surface area contributed by atoms with Gasteiger partial charge in [0.05, 0.1) is 18.8 Å². The molecule has 0 atom stereocenters. The van der Waals surface area contributed by atoms with Crippen LogP contribution in [0.2, 0.25) is 0 Å². The van der Waals surface area contributed by atoms with Gasteiger partial charge in [0.15, 0.2) is 0 Å². The molecule has 0 bridgehead atoms. The Morgan fingerprint density at radius 3 is 2.64 bits per heavy atom. The number of amides is 1. The highest BCUT2D eigenvalue weighted by atomic mass is 16.6. The van der Waals surface area contributed by atoms with Gasteiger partial charge in [0, 0.05) is 11.4 Å². The van der Waals surface area contributed by atoms with E-state index in [1.165, 1.54) is 0 Å². The average Bonchev–Trinajstić information content (AvgIpc) is 2.65. The zero-order chi connectivity index (χ0) is 20.1. The molecule has 1 aliphatic carbocycles. The fourth-order valence-electron chi connectivity index (χ4n) is 3.58. The molecule has 0 aliphatic heterocycles. The van der Waals surface area contributed by atoms with Crippen molar-refractivity contribution in [1.82, 2.24) is 10.3 Å². The third-order valence-electron chi connectivity index (χ3n) is 5.01. The lowest BCUT2D eigenvalue weighted by atomic mass is 9.85. The third-order valence-corrected chi connectivity index (χ3v) is 5.01. The molecule has 2 aromatic rings. The molecule has 28 heavy (non-hydrogen) atoms. The van der Waals surface area contributed by atoms with Gasteiger partial charge < -0.3 is 14.8 Å². The van der Waals surface area contributed by atoms with Crippen LogP contribution in [0.1, 0.15) is 52.0 Å². The summed E-state index contributed by atoms with van der Waals surface area (Å²) < 4.78 is 10.7. The molecular formula is C23H30N2O3. The molecular weight excluding hydrogens is 352 g/mol. The first-order valence-corrected chi connectivity index (χ1v) is 9.94. The molecule has 1 saturated carbocycles. The first-order valence-electron chi connectivity index (χ1n) is 9.94. The van der Waals surface area contributed by atoms with Crippen LogP contribution in [-0.4, -0.2) is 29.8 Å². The third kappa shape index (κ3) is 5.47. The molecule has 0 spiro atoms. The molecule has 1 heterocycles. The topological polar surface area (TPSA) is 60.5 Å². The number of allylic oxidation sites excluding steroid dienone is 1. The second-order valence-corrected chi connectivity index (χ2v) is 8.41. The lowest BCUT2D eigenvalue weighted by molar-refractivity contribution is 0.0490. The van der Waals surface area contributed by atoms with E-state index >= 15 is 0 Å². The van der Waals surface area contributed by atoms with Gasteiger partial charge in [0.1, 0.15) is 11.4 Å². The predicted octanol–water partition coefficient (Wildman–Crippen LogP) is 5.34. The zero-order valence-corrected chi connectivity index (χ0v) is 17.2. The molecule has 3 rings (SSSR count). The van der Waals surface area contributed by atoms with Crippen LogP contribution in [0.5, 0.6) is 5.75 Å². The van der Waals surface area contributed by atoms with Crippen molar-refractivity contribution in [2.45, 2.75) is 58.1 Å². The number of carbonyl (C=O) groups is 1. The van der Waals surface area contributed by atoms with Gasteiger partial charge in [-0.2, -0.15) is 0 Å². The summed E-state index contributed by atoms with van der Waals surface area (Å²) in [5.41, 5.74) is 1.66. The summed E-state index contributed by atoms with van der Waals surface area (Å²) in [4.78, 5) is 16.4. The van der Waals surface area contributed by atoms with Crippen molar-refractivity contribution in [1.29, 1.82) is 0 Å². The molecule has 5 nitrogen and oxygen atoms in total. The Kier molecular flexibility index (Phi) is 6.22. The Morgan fingerprint density at radius 2 is 1.96 bits per heavy atom. The number of fused-ring (bicyclic) bond motifs is 1. The van der Waals surface area contributed by atoms with Crippen molar-refractivity contribution in [3.05, 3.63) is 42.1 Å². The van der Waals surface area contributed by atoms with Crippen molar-refractivity contribution in [3.63, 3.8) is 0 Å². The number of hydrogen-bond donors (Lipinski definition) is 1. The van der Waals surface area contributed by atoms with Crippen LogP contribution in [0.25, 0.3) is 17.0 Å². The standard InChI is InChI=1S/C23H30N2O3/c1-23(2,3)28-22(26)25-18-12-9-16(10-13-18)8-11-17-6-5-7-21-20(17)14-19(27-4)15-24-21/h5-8,11,14-16,18H,9-10,12-13H2,1-4H3,(H,25,26)/b11-8+. The number of alkyl carbamates (subject to hydrolysis) is 1. The molecule has 0 radical (unpaired) electrons. The highest BCUT2D eigenvalue weighted by Crippen LogP contribution is 2.28. The number of methoxy groups -OCH3 is 1. The molecule has 1 N–H and O–H groups in total. The lowest BCUT2D eigenvalue weighted by Gasteiger charge is -2.28. The second-order valence-electron chi connectivity index (χ2n) is 8.41. The quantitative estimate of drug-likeness (QED) is 0.775. The Bertz CT molecular complexity index is 847. The van der Waals surface area contributed by atoms with E-state index < -0.39 is 5.60 Å². The number of nitrogens with one attached hydrogen (secondary N) is 1. The van der Waals surface area contributed by atoms with E-state index in [2.05, 4.69) is 28.5 Å². The predicted molar refractivity (Wildman–Crippen MR) is 112 cm³/mol. The number of pyridine rings is 1. The van der Waals surface area contributed by atoms with Gasteiger partial charge in [-0.05, 0) is 70.1 Å². The maximum atomic E-state index is 11.9. The second kappa shape index (κ2) is 8.63. The summed E-state index contributed by atoms with van der Waals surface area (Å²) in [5, 5.41) is 4.09. The van der Waals surface area contributed by atoms with Gasteiger partial charge in [-0.3, -0.25) is 4.98 Å². The first kappa shape index (κ1) is 20.2. The van der Waals surface area contributed by atoms with Crippen LogP contribution in [0.3, 0.4) is 0 Å². The average molecular weight is 383 g/mol. The van der Waals surface area contributed by atoms with Crippen LogP contribution in [0, 0.1) is 5.92 Å². The molecule has 1 aromatic carbocycles. The molecule has 150 valence electrons. The normalized spacial score (nSPS) is 20.3. The summed E-state index contributed by atoms with van der Waals surface area (Å²) in [6.07, 6.45) is 9.97. The molecule has 0 saturated heterocycles. The Morgan fingerprint density at radius 1 is 1.21 bits per heavy atom. The minimum atomic E-state index is -0.458. The Labute approximate surface area is 167 Å². The zero-order valence-electron chi connectivity index (χ0n) is 17.2. The van der Waals surface area contributed by atoms with E-state index in [1.807, 2.05) is 39.0 Å². The minimum Gasteiger partial charge on any atom is -0.495 e. The first-order chi connectivity index (χ1) is 13.3. The number of rotatable bonds is 4. The van der Waals surface area contributed by atoms with E-state index in [4.69, 9.17) is 9.47 Å². The maximum Gasteiger partial charge on any atom is 0.407 e. The number of carbonyl (C=O) groups excluding carboxylic acids is 1. The maximum absolute atomic E-state index is 11.9. The molecule has 1 aliphatic rings. The number of hydrogen-bond acceptors (Lipinski definition) is 4. The van der Waals surface area contributed by atoms with Crippen molar-refractivity contribution in [2.75, 3.05) is 7.11 Å². The van der Waals surface area contributed by atoms with E-state index in [0.29, 0.717) is 5.92 Å². The number of aromatic nitrogens is 1. The minimum absolute atomic E-state index is 0.200. The van der Waals surface area contributed by atoms with Crippen molar-refractivity contribution in [3.8, 4) is 5.75 Å². The molecule has 5 heteroatoms. The largest absolute Gasteiger partial charge is 0.495 e. The number of ether oxygens (including phenoxy) is 2. The summed E-state index contributed by atoms with van der Waals surface area (Å²) in [7, 11) is 1.66. The van der Waals surface area contributed by atoms with E-state index in [-0.39, 0.29) is 12.1 Å². The highest BCUT2D eigenvalue weighted by Gasteiger charge is 2.23. The Balaban J connectivity index is 1.58. The smallest absolute Gasteiger partial charge is 0.407 e. The van der Waals surface area contributed by atoms with E-state index in [0.717, 1.165) is 47.9 Å². The van der Waals surface area contributed by atoms with Crippen molar-refractivity contribution < 1.29 is 14.3 Å². The van der Waals surface area contributed by atoms with Gasteiger partial charge in [-0.15, -0.1) is 0 Å². The van der Waals surface area contributed by atoms with Crippen LogP contribution < -0.4 is 10.1 Å². The number of benzene rings is 1. The van der Waals surface area contributed by atoms with Gasteiger partial charge >= 0.3 is 6.09 Å². The van der Waals surface area contributed by atoms with E-state index in [1.54, 1.807) is 13.3 Å². The van der Waals surface area contributed by atoms with Gasteiger partial charge in [-0.25, -0.2) is 4.79 Å². The number of nitrogens with zero attached hydrogens (tertiary/aromatic N) is 1. The highest BCUT2D eigenvalue weighted by molar-refractivity contribution is 5.88. The van der Waals surface area contributed by atoms with Crippen LogP contribution in [-0.2, 0) is 4.74 Å². The monoisotopic (exact) mass is 382 g/mol. The summed E-state index contributed by atoms with van der Waals surface area (Å²) >= 11 is 0. The van der Waals surface area contributed by atoms with Gasteiger partial charge in [-0.1, -0.05) is 24.3 Å². The lowest BCUT2D eigenvalue weighted by Crippen LogP contribution is -2.40. The summed E-state index contributed by atoms with van der Waals surface area (Å²) in [6.45, 7) is 5.64. The van der Waals surface area contributed by atoms with Crippen LogP contribution in [0.4, 0.5) is 4.79 Å². The fraction of sp³-hybridized carbons (Fsp3) is 0.478. The summed E-state index contributed by atoms with van der Waals surface area (Å²) in [6, 6.07) is 8.38. The van der Waals surface area contributed by atoms with Gasteiger partial charge in [0.25, 0.3) is 0 Å². The van der Waals surface area contributed by atoms with Crippen molar-refractivity contribution in [2.24, 2.45) is 5.92 Å². The van der Waals surface area contributed by atoms with E-state index in [9.17, 15) is 4.79 Å². The van der Waals surface area contributed by atoms with Crippen LogP contribution >= 0.6 is 0 Å². The Hall–Kier alpha value is -2.56. The molecule has 1 aromatic heterocycles. The molecule has 1 fully saturated rings. The fourth-order valence-corrected chi connectivity index (χ4v) is 3.58. The van der Waals surface area contributed by atoms with Crippen LogP contribution in [0.15, 0.2) is 36.5 Å². The molecule has 0 unspecified atom stereocenters. The summed E-state index contributed by atoms with van der Waals surface area (Å²) in [5.74, 6) is 1.28. The van der Waals surface area contributed by atoms with Crippen molar-refractivity contribution >= 4 is 23.1 Å². The SMILES string of the molecule is COc1cnc2cccc(/C=C/C3CCC(NC(=O)OC(C)(C)C)CC3)c2c1. The van der Waals surface area contributed by atoms with Gasteiger partial charge in [0.2, 0.25) is 0 Å². The molecule has 1 amide bonds.